The van der Waals surface area contributed by atoms with Crippen molar-refractivity contribution in [3.05, 3.63) is 0 Å². The summed E-state index contributed by atoms with van der Waals surface area (Å²) in [6.45, 7) is 0. The molecule has 58 valence electrons. The highest BCUT2D eigenvalue weighted by molar-refractivity contribution is 7.39. The molecule has 7 heteroatoms. The summed E-state index contributed by atoms with van der Waals surface area (Å²) in [6.07, 6.45) is -5.10. The van der Waals surface area contributed by atoms with Gasteiger partial charge < -0.3 is 4.74 Å². The maximum Gasteiger partial charge on any atom is 0.491 e. The number of alkyl halides is 3. The van der Waals surface area contributed by atoms with E-state index in [0.717, 1.165) is 0 Å². The van der Waals surface area contributed by atoms with Crippen LogP contribution in [-0.4, -0.2) is 17.9 Å². The third-order valence-electron chi connectivity index (χ3n) is 0.425. The van der Waals surface area contributed by atoms with Gasteiger partial charge in [0.15, 0.2) is 0 Å². The molecular formula is C3H2F3O3P. The summed E-state index contributed by atoms with van der Waals surface area (Å²) in [7, 11) is 1.28. The summed E-state index contributed by atoms with van der Waals surface area (Å²) in [5.41, 5.74) is -1.36. The van der Waals surface area contributed by atoms with Gasteiger partial charge in [0.1, 0.15) is 0 Å². The Hall–Kier alpha value is -0.640. The van der Waals surface area contributed by atoms with Gasteiger partial charge in [0.05, 0.1) is 0 Å². The maximum atomic E-state index is 11.2. The molecule has 0 N–H and O–H groups in total. The first-order chi connectivity index (χ1) is 4.34. The lowest BCUT2D eigenvalue weighted by atomic mass is 10.7. The Morgan fingerprint density at radius 2 is 1.70 bits per heavy atom. The Labute approximate surface area is 55.7 Å². The first-order valence-corrected chi connectivity index (χ1v) is 2.50. The minimum Gasteiger partial charge on any atom is -0.384 e. The fraction of sp³-hybridized carbons (Fsp3) is 0.333. The van der Waals surface area contributed by atoms with Crippen molar-refractivity contribution >= 4 is 20.9 Å². The number of rotatable bonds is 0. The number of halogens is 3. The van der Waals surface area contributed by atoms with Crippen molar-refractivity contribution in [1.82, 2.24) is 0 Å². The highest BCUT2D eigenvalue weighted by Crippen LogP contribution is 2.17. The molecule has 0 aromatic carbocycles. The molecule has 1 unspecified atom stereocenters. The van der Waals surface area contributed by atoms with E-state index in [1.165, 1.54) is 9.24 Å². The third kappa shape index (κ3) is 3.40. The van der Waals surface area contributed by atoms with E-state index in [1.807, 2.05) is 0 Å². The summed E-state index contributed by atoms with van der Waals surface area (Å²) < 4.78 is 36.7. The van der Waals surface area contributed by atoms with Gasteiger partial charge in [-0.15, -0.1) is 0 Å². The molecule has 0 fully saturated rings. The number of hydrogen-bond acceptors (Lipinski definition) is 3. The fourth-order valence-electron chi connectivity index (χ4n) is 0.149. The number of carbonyl (C=O) groups is 2. The van der Waals surface area contributed by atoms with Crippen LogP contribution in [-0.2, 0) is 9.53 Å². The Morgan fingerprint density at radius 3 is 1.80 bits per heavy atom. The molecule has 0 bridgehead atoms. The molecule has 0 rings (SSSR count). The van der Waals surface area contributed by atoms with Gasteiger partial charge in [-0.2, -0.15) is 13.2 Å². The van der Waals surface area contributed by atoms with Crippen molar-refractivity contribution in [2.24, 2.45) is 0 Å². The number of esters is 1. The molecule has 3 nitrogen and oxygen atoms in total. The van der Waals surface area contributed by atoms with Crippen LogP contribution in [0.3, 0.4) is 0 Å². The van der Waals surface area contributed by atoms with Gasteiger partial charge >= 0.3 is 17.9 Å². The zero-order valence-electron chi connectivity index (χ0n) is 4.44. The molecule has 0 aliphatic rings. The lowest BCUT2D eigenvalue weighted by Crippen LogP contribution is -2.25. The second kappa shape index (κ2) is 2.96. The highest BCUT2D eigenvalue weighted by atomic mass is 31.0. The van der Waals surface area contributed by atoms with Gasteiger partial charge in [-0.1, -0.05) is 0 Å². The normalized spacial score (nSPS) is 10.8. The molecule has 0 aliphatic carbocycles. The lowest BCUT2D eigenvalue weighted by Gasteiger charge is -2.01. The first kappa shape index (κ1) is 9.36. The SMILES string of the molecule is O=C(P)OC(=O)C(F)(F)F. The van der Waals surface area contributed by atoms with Crippen molar-refractivity contribution in [2.75, 3.05) is 0 Å². The number of carbonyl (C=O) groups excluding carboxylic acids is 2. The van der Waals surface area contributed by atoms with Gasteiger partial charge in [-0.05, 0) is 9.24 Å². The van der Waals surface area contributed by atoms with Crippen molar-refractivity contribution in [3.8, 4) is 0 Å². The van der Waals surface area contributed by atoms with Crippen molar-refractivity contribution < 1.29 is 27.5 Å². The van der Waals surface area contributed by atoms with E-state index in [2.05, 4.69) is 4.74 Å². The predicted octanol–water partition coefficient (Wildman–Crippen LogP) is 1.09. The molecule has 0 aromatic rings. The van der Waals surface area contributed by atoms with E-state index in [-0.39, 0.29) is 0 Å². The van der Waals surface area contributed by atoms with Crippen LogP contribution in [0.2, 0.25) is 0 Å². The molecule has 0 heterocycles. The number of hydrogen-bond donors (Lipinski definition) is 0. The molecule has 0 aromatic heterocycles. The fourth-order valence-corrected chi connectivity index (χ4v) is 0.256. The van der Waals surface area contributed by atoms with Gasteiger partial charge in [-0.25, -0.2) is 9.59 Å². The summed E-state index contributed by atoms with van der Waals surface area (Å²) in [5, 5.41) is 0. The van der Waals surface area contributed by atoms with Crippen LogP contribution in [0.25, 0.3) is 0 Å². The molecule has 0 amide bonds. The van der Waals surface area contributed by atoms with Gasteiger partial charge in [-0.3, -0.25) is 0 Å². The lowest BCUT2D eigenvalue weighted by molar-refractivity contribution is -0.191. The predicted molar refractivity (Wildman–Crippen MR) is 27.3 cm³/mol. The topological polar surface area (TPSA) is 43.4 Å². The Balaban J connectivity index is 3.99. The van der Waals surface area contributed by atoms with E-state index in [1.54, 1.807) is 0 Å². The summed E-state index contributed by atoms with van der Waals surface area (Å²) in [4.78, 5) is 19.4. The third-order valence-corrected chi connectivity index (χ3v) is 0.543. The van der Waals surface area contributed by atoms with Crippen molar-refractivity contribution in [2.45, 2.75) is 6.18 Å². The first-order valence-electron chi connectivity index (χ1n) is 1.92. The van der Waals surface area contributed by atoms with Crippen LogP contribution >= 0.6 is 9.24 Å². The molecule has 0 saturated carbocycles. The van der Waals surface area contributed by atoms with Gasteiger partial charge in [0.25, 0.3) is 0 Å². The van der Waals surface area contributed by atoms with E-state index in [9.17, 15) is 22.8 Å². The zero-order chi connectivity index (χ0) is 8.36. The van der Waals surface area contributed by atoms with E-state index in [0.29, 0.717) is 0 Å². The van der Waals surface area contributed by atoms with Crippen molar-refractivity contribution in [1.29, 1.82) is 0 Å². The Kier molecular flexibility index (Phi) is 2.77. The molecule has 0 saturated heterocycles. The molecule has 10 heavy (non-hydrogen) atoms. The quantitative estimate of drug-likeness (QED) is 0.313. The van der Waals surface area contributed by atoms with Gasteiger partial charge in [0, 0.05) is 0 Å². The van der Waals surface area contributed by atoms with Gasteiger partial charge in [0.2, 0.25) is 0 Å². The molecule has 1 atom stereocenters. The standard InChI is InChI=1S/C3H2F3O3P/c4-3(5,6)1(7)9-2(8)10/h10H2. The van der Waals surface area contributed by atoms with Crippen LogP contribution < -0.4 is 0 Å². The monoisotopic (exact) mass is 174 g/mol. The van der Waals surface area contributed by atoms with Crippen LogP contribution in [0, 0.1) is 0 Å². The van der Waals surface area contributed by atoms with E-state index < -0.39 is 17.9 Å². The van der Waals surface area contributed by atoms with Crippen LogP contribution in [0.15, 0.2) is 0 Å². The van der Waals surface area contributed by atoms with E-state index >= 15 is 0 Å². The smallest absolute Gasteiger partial charge is 0.384 e. The summed E-state index contributed by atoms with van der Waals surface area (Å²) >= 11 is 0. The van der Waals surface area contributed by atoms with Crippen LogP contribution in [0.4, 0.5) is 18.0 Å². The Morgan fingerprint density at radius 1 is 1.30 bits per heavy atom. The molecule has 0 radical (unpaired) electrons. The van der Waals surface area contributed by atoms with Crippen LogP contribution in [0.1, 0.15) is 0 Å². The summed E-state index contributed by atoms with van der Waals surface area (Å²) in [6, 6.07) is 0. The molecule has 0 aliphatic heterocycles. The largest absolute Gasteiger partial charge is 0.491 e. The molecule has 0 spiro atoms. The van der Waals surface area contributed by atoms with Crippen LogP contribution in [0.5, 0.6) is 0 Å². The average molecular weight is 174 g/mol. The summed E-state index contributed by atoms with van der Waals surface area (Å²) in [5.74, 6) is -2.51. The maximum absolute atomic E-state index is 11.2. The second-order valence-corrected chi connectivity index (χ2v) is 1.68. The average Bonchev–Trinajstić information content (AvgIpc) is 1.60. The highest BCUT2D eigenvalue weighted by Gasteiger charge is 2.41. The zero-order valence-corrected chi connectivity index (χ0v) is 5.59. The van der Waals surface area contributed by atoms with E-state index in [4.69, 9.17) is 0 Å². The Bertz CT molecular complexity index is 163. The number of ether oxygens (including phenoxy) is 1. The minimum atomic E-state index is -5.10. The van der Waals surface area contributed by atoms with Crippen molar-refractivity contribution in [3.63, 3.8) is 0 Å². The second-order valence-electron chi connectivity index (χ2n) is 1.21. The minimum absolute atomic E-state index is 1.28. The molecular weight excluding hydrogens is 172 g/mol.